The second-order valence-electron chi connectivity index (χ2n) is 7.38. The van der Waals surface area contributed by atoms with Gasteiger partial charge in [-0.3, -0.25) is 9.59 Å². The van der Waals surface area contributed by atoms with Crippen LogP contribution in [-0.2, 0) is 24.3 Å². The van der Waals surface area contributed by atoms with Gasteiger partial charge in [0.25, 0.3) is 10.0 Å². The number of aryl methyl sites for hydroxylation is 1. The van der Waals surface area contributed by atoms with Crippen LogP contribution in [0, 0.1) is 12.3 Å². The zero-order valence-corrected chi connectivity index (χ0v) is 18.2. The monoisotopic (exact) mass is 431 g/mol. The molecule has 1 heterocycles. The second kappa shape index (κ2) is 8.10. The molecule has 2 aromatic rings. The fourth-order valence-electron chi connectivity index (χ4n) is 3.74. The lowest BCUT2D eigenvalue weighted by molar-refractivity contribution is -0.173. The Morgan fingerprint density at radius 1 is 1.10 bits per heavy atom. The number of esters is 1. The van der Waals surface area contributed by atoms with E-state index in [0.717, 1.165) is 9.87 Å². The van der Waals surface area contributed by atoms with E-state index in [1.807, 2.05) is 6.92 Å². The van der Waals surface area contributed by atoms with E-state index in [2.05, 4.69) is 0 Å². The molecule has 7 nitrogen and oxygen atoms in total. The van der Waals surface area contributed by atoms with Gasteiger partial charge in [0.15, 0.2) is 0 Å². The van der Waals surface area contributed by atoms with Crippen LogP contribution >= 0.6 is 0 Å². The summed E-state index contributed by atoms with van der Waals surface area (Å²) < 4.78 is 38.0. The summed E-state index contributed by atoms with van der Waals surface area (Å²) in [4.78, 5) is 24.7. The number of carbonyl (C=O) groups is 2. The Morgan fingerprint density at radius 3 is 2.20 bits per heavy atom. The third-order valence-corrected chi connectivity index (χ3v) is 7.32. The van der Waals surface area contributed by atoms with Gasteiger partial charge in [-0.2, -0.15) is 0 Å². The van der Waals surface area contributed by atoms with E-state index in [4.69, 9.17) is 9.47 Å². The molecule has 1 amide bonds. The number of hydrogen-bond donors (Lipinski definition) is 0. The van der Waals surface area contributed by atoms with Crippen molar-refractivity contribution in [3.8, 4) is 5.75 Å². The Hall–Kier alpha value is -2.87. The Balaban J connectivity index is 2.10. The Kier molecular flexibility index (Phi) is 5.90. The first kappa shape index (κ1) is 21.8. The maximum atomic E-state index is 13.4. The van der Waals surface area contributed by atoms with Gasteiger partial charge < -0.3 is 9.47 Å². The van der Waals surface area contributed by atoms with Crippen LogP contribution in [0.15, 0.2) is 53.4 Å². The van der Waals surface area contributed by atoms with Crippen LogP contribution in [0.4, 0.5) is 0 Å². The quantitative estimate of drug-likeness (QED) is 0.494. The van der Waals surface area contributed by atoms with Crippen molar-refractivity contribution < 1.29 is 27.5 Å². The first-order chi connectivity index (χ1) is 14.2. The number of ether oxygens (including phenoxy) is 2. The highest BCUT2D eigenvalue weighted by Crippen LogP contribution is 2.55. The smallest absolute Gasteiger partial charge is 0.302 e. The van der Waals surface area contributed by atoms with Crippen molar-refractivity contribution in [2.45, 2.75) is 38.1 Å². The number of nitrogens with zero attached hydrogens (tertiary/aromatic N) is 1. The van der Waals surface area contributed by atoms with Crippen molar-refractivity contribution in [1.29, 1.82) is 0 Å². The predicted molar refractivity (Wildman–Crippen MR) is 110 cm³/mol. The Labute approximate surface area is 176 Å². The topological polar surface area (TPSA) is 90.0 Å². The van der Waals surface area contributed by atoms with Crippen molar-refractivity contribution in [2.75, 3.05) is 13.7 Å². The zero-order chi connectivity index (χ0) is 22.1. The van der Waals surface area contributed by atoms with E-state index in [1.165, 1.54) is 26.2 Å². The molecule has 1 aliphatic rings. The van der Waals surface area contributed by atoms with Gasteiger partial charge in [0.05, 0.1) is 18.0 Å². The van der Waals surface area contributed by atoms with Crippen LogP contribution in [0.5, 0.6) is 5.75 Å². The van der Waals surface area contributed by atoms with E-state index in [0.29, 0.717) is 17.7 Å². The minimum Gasteiger partial charge on any atom is -0.497 e. The summed E-state index contributed by atoms with van der Waals surface area (Å²) in [7, 11) is -2.55. The molecule has 0 saturated carbocycles. The predicted octanol–water partition coefficient (Wildman–Crippen LogP) is 3.24. The zero-order valence-electron chi connectivity index (χ0n) is 17.4. The SMILES string of the molecule is CC[C@@]1(COC(C)=O)C(=O)N(S(=O)(=O)c2ccc(C)cc2)[C@H]1c1ccc(OC)cc1. The molecular weight excluding hydrogens is 406 g/mol. The van der Waals surface area contributed by atoms with Gasteiger partial charge in [-0.1, -0.05) is 36.8 Å². The molecule has 0 spiro atoms. The highest BCUT2D eigenvalue weighted by molar-refractivity contribution is 7.89. The standard InChI is InChI=1S/C22H25NO6S/c1-5-22(14-29-16(3)24)20(17-8-10-18(28-4)11-9-17)23(21(22)25)30(26,27)19-12-6-15(2)7-13-19/h6-13,20H,5,14H2,1-4H3/t20-,22-/m0/s1. The van der Waals surface area contributed by atoms with Gasteiger partial charge in [-0.15, -0.1) is 0 Å². The van der Waals surface area contributed by atoms with Crippen molar-refractivity contribution in [3.63, 3.8) is 0 Å². The molecule has 1 saturated heterocycles. The molecule has 1 fully saturated rings. The first-order valence-corrected chi connectivity index (χ1v) is 11.0. The average Bonchev–Trinajstić information content (AvgIpc) is 2.72. The average molecular weight is 432 g/mol. The molecule has 0 unspecified atom stereocenters. The molecule has 3 rings (SSSR count). The van der Waals surface area contributed by atoms with E-state index < -0.39 is 33.4 Å². The molecule has 2 aromatic carbocycles. The van der Waals surface area contributed by atoms with Crippen LogP contribution in [0.3, 0.4) is 0 Å². The normalized spacial score (nSPS) is 21.1. The van der Waals surface area contributed by atoms with Crippen LogP contribution in [0.25, 0.3) is 0 Å². The lowest BCUT2D eigenvalue weighted by atomic mass is 9.68. The Morgan fingerprint density at radius 2 is 1.70 bits per heavy atom. The number of β-lactam (4-membered cyclic amide) rings is 1. The van der Waals surface area contributed by atoms with E-state index in [-0.39, 0.29) is 11.5 Å². The van der Waals surface area contributed by atoms with E-state index >= 15 is 0 Å². The third kappa shape index (κ3) is 3.56. The van der Waals surface area contributed by atoms with Gasteiger partial charge in [0.1, 0.15) is 17.8 Å². The van der Waals surface area contributed by atoms with Gasteiger partial charge in [-0.05, 0) is 43.2 Å². The van der Waals surface area contributed by atoms with Crippen LogP contribution < -0.4 is 4.74 Å². The minimum atomic E-state index is -4.09. The third-order valence-electron chi connectivity index (χ3n) is 5.56. The van der Waals surface area contributed by atoms with Crippen LogP contribution in [0.2, 0.25) is 0 Å². The lowest BCUT2D eigenvalue weighted by Gasteiger charge is -2.54. The van der Waals surface area contributed by atoms with Crippen molar-refractivity contribution in [2.24, 2.45) is 5.41 Å². The summed E-state index contributed by atoms with van der Waals surface area (Å²) in [6, 6.07) is 12.4. The molecule has 0 bridgehead atoms. The van der Waals surface area contributed by atoms with E-state index in [1.54, 1.807) is 43.3 Å². The molecular formula is C22H25NO6S. The number of benzene rings is 2. The van der Waals surface area contributed by atoms with Crippen LogP contribution in [-0.4, -0.2) is 38.3 Å². The number of methoxy groups -OCH3 is 1. The van der Waals surface area contributed by atoms with Gasteiger partial charge in [0, 0.05) is 6.92 Å². The largest absolute Gasteiger partial charge is 0.497 e. The summed E-state index contributed by atoms with van der Waals surface area (Å²) in [5.74, 6) is -0.490. The molecule has 0 aromatic heterocycles. The molecule has 0 N–H and O–H groups in total. The molecule has 0 aliphatic carbocycles. The summed E-state index contributed by atoms with van der Waals surface area (Å²) >= 11 is 0. The fourth-order valence-corrected chi connectivity index (χ4v) is 5.45. The van der Waals surface area contributed by atoms with Crippen molar-refractivity contribution in [3.05, 3.63) is 59.7 Å². The maximum absolute atomic E-state index is 13.4. The number of sulfonamides is 1. The number of hydrogen-bond acceptors (Lipinski definition) is 6. The first-order valence-electron chi connectivity index (χ1n) is 9.60. The lowest BCUT2D eigenvalue weighted by Crippen LogP contribution is -2.66. The summed E-state index contributed by atoms with van der Waals surface area (Å²) in [5, 5.41) is 0. The highest BCUT2D eigenvalue weighted by Gasteiger charge is 2.65. The van der Waals surface area contributed by atoms with Gasteiger partial charge >= 0.3 is 5.97 Å². The molecule has 1 aliphatic heterocycles. The molecule has 8 heteroatoms. The second-order valence-corrected chi connectivity index (χ2v) is 9.20. The Bertz CT molecular complexity index is 1050. The number of rotatable bonds is 7. The summed E-state index contributed by atoms with van der Waals surface area (Å²) in [6.45, 7) is 4.71. The van der Waals surface area contributed by atoms with Crippen molar-refractivity contribution in [1.82, 2.24) is 4.31 Å². The molecule has 30 heavy (non-hydrogen) atoms. The maximum Gasteiger partial charge on any atom is 0.302 e. The molecule has 0 radical (unpaired) electrons. The highest BCUT2D eigenvalue weighted by atomic mass is 32.2. The van der Waals surface area contributed by atoms with Crippen molar-refractivity contribution >= 4 is 21.9 Å². The summed E-state index contributed by atoms with van der Waals surface area (Å²) in [6.07, 6.45) is 0.315. The number of amides is 1. The molecule has 160 valence electrons. The van der Waals surface area contributed by atoms with Gasteiger partial charge in [0.2, 0.25) is 5.91 Å². The van der Waals surface area contributed by atoms with E-state index in [9.17, 15) is 18.0 Å². The minimum absolute atomic E-state index is 0.0390. The van der Waals surface area contributed by atoms with Crippen LogP contribution in [0.1, 0.15) is 37.4 Å². The fraction of sp³-hybridized carbons (Fsp3) is 0.364. The molecule has 2 atom stereocenters. The number of carbonyl (C=O) groups excluding carboxylic acids is 2. The van der Waals surface area contributed by atoms with Gasteiger partial charge in [-0.25, -0.2) is 12.7 Å². The summed E-state index contributed by atoms with van der Waals surface area (Å²) in [5.41, 5.74) is 0.381.